The summed E-state index contributed by atoms with van der Waals surface area (Å²) >= 11 is 0. The van der Waals surface area contributed by atoms with Crippen LogP contribution < -0.4 is 5.32 Å². The van der Waals surface area contributed by atoms with Crippen LogP contribution in [0.1, 0.15) is 47.0 Å². The minimum absolute atomic E-state index is 0.0783. The minimum Gasteiger partial charge on any atom is -0.388 e. The van der Waals surface area contributed by atoms with Crippen LogP contribution in [-0.4, -0.2) is 23.5 Å². The number of aliphatic hydroxyl groups is 1. The maximum atomic E-state index is 12.0. The lowest BCUT2D eigenvalue weighted by Gasteiger charge is -2.34. The van der Waals surface area contributed by atoms with Gasteiger partial charge in [0.2, 0.25) is 0 Å². The van der Waals surface area contributed by atoms with Crippen LogP contribution in [0, 0.1) is 5.41 Å². The number of aliphatic hydroxyl groups excluding tert-OH is 1. The Labute approximate surface area is 97.9 Å². The van der Waals surface area contributed by atoms with Crippen molar-refractivity contribution in [3.05, 3.63) is 11.3 Å². The number of ketones is 1. The van der Waals surface area contributed by atoms with Crippen LogP contribution in [0.4, 0.5) is 0 Å². The summed E-state index contributed by atoms with van der Waals surface area (Å²) in [5.74, 6) is 0.0987. The fourth-order valence-corrected chi connectivity index (χ4v) is 2.41. The average molecular weight is 225 g/mol. The summed E-state index contributed by atoms with van der Waals surface area (Å²) < 4.78 is 0. The molecule has 0 bridgehead atoms. The van der Waals surface area contributed by atoms with Gasteiger partial charge in [0, 0.05) is 24.2 Å². The zero-order chi connectivity index (χ0) is 12.3. The Bertz CT molecular complexity index is 305. The number of allylic oxidation sites excluding steroid dienone is 1. The van der Waals surface area contributed by atoms with Crippen LogP contribution in [0.2, 0.25) is 0 Å². The van der Waals surface area contributed by atoms with E-state index < -0.39 is 6.10 Å². The lowest BCUT2D eigenvalue weighted by atomic mass is 9.72. The number of carbonyl (C=O) groups is 1. The fraction of sp³-hybridized carbons (Fsp3) is 0.769. The lowest BCUT2D eigenvalue weighted by molar-refractivity contribution is -0.121. The standard InChI is InChI=1S/C13H23NO2/c1-5-9(14-6-2)12-10(15)7-13(3,4)8-11(12)16/h10,14-15H,5-8H2,1-4H3/b12-9+. The first-order valence-corrected chi connectivity index (χ1v) is 6.09. The molecule has 0 aromatic heterocycles. The maximum Gasteiger partial charge on any atom is 0.163 e. The summed E-state index contributed by atoms with van der Waals surface area (Å²) in [7, 11) is 0. The van der Waals surface area contributed by atoms with E-state index >= 15 is 0 Å². The minimum atomic E-state index is -0.606. The van der Waals surface area contributed by atoms with Crippen molar-refractivity contribution in [2.75, 3.05) is 6.54 Å². The second-order valence-corrected chi connectivity index (χ2v) is 5.26. The third kappa shape index (κ3) is 2.85. The monoisotopic (exact) mass is 225 g/mol. The molecule has 1 fully saturated rings. The predicted octanol–water partition coefficient (Wildman–Crippen LogP) is 2.01. The molecule has 0 heterocycles. The molecule has 1 unspecified atom stereocenters. The molecule has 3 heteroatoms. The average Bonchev–Trinajstić information content (AvgIpc) is 2.13. The number of carbonyl (C=O) groups excluding carboxylic acids is 1. The van der Waals surface area contributed by atoms with Crippen molar-refractivity contribution in [1.29, 1.82) is 0 Å². The first-order chi connectivity index (χ1) is 7.41. The second kappa shape index (κ2) is 5.00. The van der Waals surface area contributed by atoms with Gasteiger partial charge in [0.15, 0.2) is 5.78 Å². The van der Waals surface area contributed by atoms with Crippen molar-refractivity contribution in [3.8, 4) is 0 Å². The predicted molar refractivity (Wildman–Crippen MR) is 65.0 cm³/mol. The Balaban J connectivity index is 3.00. The normalized spacial score (nSPS) is 27.8. The molecule has 0 saturated heterocycles. The fourth-order valence-electron chi connectivity index (χ4n) is 2.41. The molecule has 0 radical (unpaired) electrons. The van der Waals surface area contributed by atoms with Crippen molar-refractivity contribution in [2.45, 2.75) is 53.1 Å². The van der Waals surface area contributed by atoms with E-state index in [-0.39, 0.29) is 11.2 Å². The zero-order valence-corrected chi connectivity index (χ0v) is 10.8. The lowest BCUT2D eigenvalue weighted by Crippen LogP contribution is -2.37. The molecule has 3 nitrogen and oxygen atoms in total. The summed E-state index contributed by atoms with van der Waals surface area (Å²) in [5, 5.41) is 13.3. The molecule has 1 aliphatic carbocycles. The molecular formula is C13H23NO2. The van der Waals surface area contributed by atoms with E-state index in [4.69, 9.17) is 0 Å². The third-order valence-electron chi connectivity index (χ3n) is 3.09. The summed E-state index contributed by atoms with van der Waals surface area (Å²) in [4.78, 5) is 12.0. The molecule has 92 valence electrons. The molecular weight excluding hydrogens is 202 g/mol. The van der Waals surface area contributed by atoms with E-state index in [1.807, 2.05) is 27.7 Å². The van der Waals surface area contributed by atoms with Gasteiger partial charge >= 0.3 is 0 Å². The highest BCUT2D eigenvalue weighted by Crippen LogP contribution is 2.37. The van der Waals surface area contributed by atoms with Crippen molar-refractivity contribution >= 4 is 5.78 Å². The quantitative estimate of drug-likeness (QED) is 0.722. The highest BCUT2D eigenvalue weighted by atomic mass is 16.3. The Hall–Kier alpha value is -0.830. The first-order valence-electron chi connectivity index (χ1n) is 6.09. The molecule has 0 spiro atoms. The first kappa shape index (κ1) is 13.2. The zero-order valence-electron chi connectivity index (χ0n) is 10.8. The maximum absolute atomic E-state index is 12.0. The number of hydrogen-bond acceptors (Lipinski definition) is 3. The summed E-state index contributed by atoms with van der Waals surface area (Å²) in [5.41, 5.74) is 1.45. The number of rotatable bonds is 3. The highest BCUT2D eigenvalue weighted by molar-refractivity contribution is 5.98. The van der Waals surface area contributed by atoms with E-state index in [1.54, 1.807) is 0 Å². The van der Waals surface area contributed by atoms with Gasteiger partial charge < -0.3 is 10.4 Å². The van der Waals surface area contributed by atoms with E-state index in [2.05, 4.69) is 5.32 Å². The van der Waals surface area contributed by atoms with Gasteiger partial charge in [-0.2, -0.15) is 0 Å². The Morgan fingerprint density at radius 3 is 2.56 bits per heavy atom. The van der Waals surface area contributed by atoms with Crippen LogP contribution in [0.5, 0.6) is 0 Å². The number of nitrogens with one attached hydrogen (secondary N) is 1. The summed E-state index contributed by atoms with van der Waals surface area (Å²) in [6.45, 7) is 8.86. The van der Waals surface area contributed by atoms with Crippen molar-refractivity contribution < 1.29 is 9.90 Å². The summed E-state index contributed by atoms with van der Waals surface area (Å²) in [6, 6.07) is 0. The largest absolute Gasteiger partial charge is 0.388 e. The second-order valence-electron chi connectivity index (χ2n) is 5.26. The van der Waals surface area contributed by atoms with Crippen LogP contribution in [-0.2, 0) is 4.79 Å². The third-order valence-corrected chi connectivity index (χ3v) is 3.09. The van der Waals surface area contributed by atoms with Gasteiger partial charge in [-0.15, -0.1) is 0 Å². The molecule has 1 atom stereocenters. The van der Waals surface area contributed by atoms with Crippen LogP contribution >= 0.6 is 0 Å². The van der Waals surface area contributed by atoms with Gasteiger partial charge in [-0.05, 0) is 25.2 Å². The SMILES string of the molecule is CCN/C(CC)=C1/C(=O)CC(C)(C)CC1O. The van der Waals surface area contributed by atoms with Gasteiger partial charge in [0.05, 0.1) is 6.10 Å². The van der Waals surface area contributed by atoms with Crippen molar-refractivity contribution in [2.24, 2.45) is 5.41 Å². The molecule has 0 aliphatic heterocycles. The smallest absolute Gasteiger partial charge is 0.163 e. The molecule has 16 heavy (non-hydrogen) atoms. The Kier molecular flexibility index (Phi) is 4.14. The van der Waals surface area contributed by atoms with E-state index in [0.29, 0.717) is 18.4 Å². The van der Waals surface area contributed by atoms with Gasteiger partial charge in [-0.3, -0.25) is 4.79 Å². The van der Waals surface area contributed by atoms with Gasteiger partial charge in [0.1, 0.15) is 0 Å². The van der Waals surface area contributed by atoms with E-state index in [0.717, 1.165) is 18.7 Å². The molecule has 1 aliphatic rings. The topological polar surface area (TPSA) is 49.3 Å². The van der Waals surface area contributed by atoms with Crippen LogP contribution in [0.15, 0.2) is 11.3 Å². The molecule has 0 aromatic carbocycles. The Morgan fingerprint density at radius 1 is 1.50 bits per heavy atom. The highest BCUT2D eigenvalue weighted by Gasteiger charge is 2.37. The number of Topliss-reactive ketones (excluding diaryl/α,β-unsaturated/α-hetero) is 1. The van der Waals surface area contributed by atoms with Gasteiger partial charge in [-0.1, -0.05) is 20.8 Å². The van der Waals surface area contributed by atoms with Crippen LogP contribution in [0.25, 0.3) is 0 Å². The summed E-state index contributed by atoms with van der Waals surface area (Å²) in [6.07, 6.45) is 1.37. The van der Waals surface area contributed by atoms with E-state index in [1.165, 1.54) is 0 Å². The molecule has 0 aromatic rings. The molecule has 0 amide bonds. The van der Waals surface area contributed by atoms with Gasteiger partial charge in [0.25, 0.3) is 0 Å². The van der Waals surface area contributed by atoms with Crippen molar-refractivity contribution in [3.63, 3.8) is 0 Å². The van der Waals surface area contributed by atoms with Crippen molar-refractivity contribution in [1.82, 2.24) is 5.32 Å². The van der Waals surface area contributed by atoms with E-state index in [9.17, 15) is 9.90 Å². The molecule has 1 rings (SSSR count). The molecule has 1 saturated carbocycles. The molecule has 2 N–H and O–H groups in total. The van der Waals surface area contributed by atoms with Crippen LogP contribution in [0.3, 0.4) is 0 Å². The number of hydrogen-bond donors (Lipinski definition) is 2. The Morgan fingerprint density at radius 2 is 2.12 bits per heavy atom. The van der Waals surface area contributed by atoms with Gasteiger partial charge in [-0.25, -0.2) is 0 Å².